The van der Waals surface area contributed by atoms with Crippen LogP contribution in [0.5, 0.6) is 0 Å². The van der Waals surface area contributed by atoms with Crippen molar-refractivity contribution < 1.29 is 0 Å². The molecule has 2 aromatic rings. The Balaban J connectivity index is 1.90. The van der Waals surface area contributed by atoms with Crippen molar-refractivity contribution in [2.75, 3.05) is 0 Å². The molecule has 0 saturated heterocycles. The second kappa shape index (κ2) is 5.15. The second-order valence-electron chi connectivity index (χ2n) is 6.68. The largest absolute Gasteiger partial charge is 0.329 e. The van der Waals surface area contributed by atoms with Crippen molar-refractivity contribution in [3.8, 4) is 0 Å². The lowest BCUT2D eigenvalue weighted by molar-refractivity contribution is 0.0889. The standard InChI is InChI=1S/C18H22N2O/c1-13-4-5-15-10-18(2,3)20(12-16(15)8-13)11-14-6-7-19-17(21)9-14/h4-9H,10-12H2,1-3H3,(H,19,21). The van der Waals surface area contributed by atoms with Crippen LogP contribution in [0.2, 0.25) is 0 Å². The molecule has 110 valence electrons. The van der Waals surface area contributed by atoms with Gasteiger partial charge in [0.05, 0.1) is 0 Å². The average molecular weight is 282 g/mol. The first kappa shape index (κ1) is 14.1. The summed E-state index contributed by atoms with van der Waals surface area (Å²) in [5.74, 6) is 0. The third kappa shape index (κ3) is 2.93. The SMILES string of the molecule is Cc1ccc2c(c1)CN(Cc1cc[nH]c(=O)c1)C(C)(C)C2. The maximum atomic E-state index is 11.5. The lowest BCUT2D eigenvalue weighted by Crippen LogP contribution is -2.47. The van der Waals surface area contributed by atoms with Crippen molar-refractivity contribution in [2.24, 2.45) is 0 Å². The molecule has 3 nitrogen and oxygen atoms in total. The highest BCUT2D eigenvalue weighted by Crippen LogP contribution is 2.32. The molecule has 0 aliphatic carbocycles. The summed E-state index contributed by atoms with van der Waals surface area (Å²) in [5, 5.41) is 0. The summed E-state index contributed by atoms with van der Waals surface area (Å²) in [5.41, 5.74) is 5.32. The third-order valence-electron chi connectivity index (χ3n) is 4.42. The van der Waals surface area contributed by atoms with Gasteiger partial charge in [0.2, 0.25) is 5.56 Å². The number of aromatic amines is 1. The zero-order valence-electron chi connectivity index (χ0n) is 12.9. The van der Waals surface area contributed by atoms with Gasteiger partial charge in [0.1, 0.15) is 0 Å². The van der Waals surface area contributed by atoms with Crippen LogP contribution in [-0.4, -0.2) is 15.4 Å². The first-order valence-electron chi connectivity index (χ1n) is 7.45. The van der Waals surface area contributed by atoms with Crippen molar-refractivity contribution in [1.82, 2.24) is 9.88 Å². The monoisotopic (exact) mass is 282 g/mol. The summed E-state index contributed by atoms with van der Waals surface area (Å²) in [6.45, 7) is 8.45. The van der Waals surface area contributed by atoms with E-state index in [9.17, 15) is 4.79 Å². The Morgan fingerprint density at radius 3 is 2.76 bits per heavy atom. The van der Waals surface area contributed by atoms with Crippen molar-refractivity contribution in [1.29, 1.82) is 0 Å². The fraction of sp³-hybridized carbons (Fsp3) is 0.389. The smallest absolute Gasteiger partial charge is 0.248 e. The zero-order valence-corrected chi connectivity index (χ0v) is 12.9. The highest BCUT2D eigenvalue weighted by molar-refractivity contribution is 5.35. The third-order valence-corrected chi connectivity index (χ3v) is 4.42. The van der Waals surface area contributed by atoms with Crippen molar-refractivity contribution >= 4 is 0 Å². The Kier molecular flexibility index (Phi) is 3.46. The van der Waals surface area contributed by atoms with Gasteiger partial charge in [0.25, 0.3) is 0 Å². The Bertz CT molecular complexity index is 715. The molecule has 3 rings (SSSR count). The van der Waals surface area contributed by atoms with Crippen molar-refractivity contribution in [3.63, 3.8) is 0 Å². The summed E-state index contributed by atoms with van der Waals surface area (Å²) in [6, 6.07) is 10.4. The predicted octanol–water partition coefficient (Wildman–Crippen LogP) is 3.02. The van der Waals surface area contributed by atoms with Crippen LogP contribution in [0.15, 0.2) is 41.3 Å². The van der Waals surface area contributed by atoms with Gasteiger partial charge in [0.15, 0.2) is 0 Å². The van der Waals surface area contributed by atoms with Gasteiger partial charge in [-0.3, -0.25) is 9.69 Å². The molecule has 21 heavy (non-hydrogen) atoms. The number of rotatable bonds is 2. The molecule has 0 spiro atoms. The van der Waals surface area contributed by atoms with E-state index in [1.54, 1.807) is 12.3 Å². The van der Waals surface area contributed by atoms with Gasteiger partial charge >= 0.3 is 0 Å². The second-order valence-corrected chi connectivity index (χ2v) is 6.68. The molecule has 0 fully saturated rings. The number of fused-ring (bicyclic) bond motifs is 1. The number of pyridine rings is 1. The number of benzene rings is 1. The molecule has 0 saturated carbocycles. The number of hydrogen-bond acceptors (Lipinski definition) is 2. The Hall–Kier alpha value is -1.87. The average Bonchev–Trinajstić information content (AvgIpc) is 2.40. The molecule has 1 aliphatic rings. The van der Waals surface area contributed by atoms with E-state index in [0.717, 1.165) is 25.1 Å². The molecule has 0 amide bonds. The maximum Gasteiger partial charge on any atom is 0.248 e. The summed E-state index contributed by atoms with van der Waals surface area (Å²) >= 11 is 0. The minimum Gasteiger partial charge on any atom is -0.329 e. The molecular weight excluding hydrogens is 260 g/mol. The first-order valence-corrected chi connectivity index (χ1v) is 7.45. The van der Waals surface area contributed by atoms with Crippen LogP contribution >= 0.6 is 0 Å². The van der Waals surface area contributed by atoms with E-state index in [2.05, 4.69) is 48.9 Å². The highest BCUT2D eigenvalue weighted by Gasteiger charge is 2.32. The molecule has 1 N–H and O–H groups in total. The molecule has 3 heteroatoms. The van der Waals surface area contributed by atoms with Gasteiger partial charge in [-0.25, -0.2) is 0 Å². The van der Waals surface area contributed by atoms with E-state index in [-0.39, 0.29) is 11.1 Å². The van der Waals surface area contributed by atoms with Gasteiger partial charge in [-0.2, -0.15) is 0 Å². The highest BCUT2D eigenvalue weighted by atomic mass is 16.1. The van der Waals surface area contributed by atoms with Gasteiger partial charge < -0.3 is 4.98 Å². The van der Waals surface area contributed by atoms with E-state index < -0.39 is 0 Å². The minimum absolute atomic E-state index is 0.0291. The van der Waals surface area contributed by atoms with Crippen LogP contribution in [0.25, 0.3) is 0 Å². The fourth-order valence-electron chi connectivity index (χ4n) is 3.15. The van der Waals surface area contributed by atoms with Crippen molar-refractivity contribution in [2.45, 2.75) is 45.8 Å². The normalized spacial score (nSPS) is 17.5. The molecule has 0 unspecified atom stereocenters. The Labute approximate surface area is 125 Å². The minimum atomic E-state index is -0.0291. The zero-order chi connectivity index (χ0) is 15.0. The van der Waals surface area contributed by atoms with Crippen molar-refractivity contribution in [3.05, 3.63) is 69.1 Å². The fourth-order valence-corrected chi connectivity index (χ4v) is 3.15. The van der Waals surface area contributed by atoms with Crippen LogP contribution in [-0.2, 0) is 19.5 Å². The van der Waals surface area contributed by atoms with E-state index in [4.69, 9.17) is 0 Å². The number of nitrogens with one attached hydrogen (secondary N) is 1. The van der Waals surface area contributed by atoms with E-state index in [1.165, 1.54) is 16.7 Å². The number of nitrogens with zero attached hydrogens (tertiary/aromatic N) is 1. The lowest BCUT2D eigenvalue weighted by Gasteiger charge is -2.43. The Morgan fingerprint density at radius 1 is 1.19 bits per heavy atom. The van der Waals surface area contributed by atoms with E-state index >= 15 is 0 Å². The van der Waals surface area contributed by atoms with Gasteiger partial charge in [-0.1, -0.05) is 23.8 Å². The summed E-state index contributed by atoms with van der Waals surface area (Å²) in [4.78, 5) is 16.6. The molecule has 1 aliphatic heterocycles. The molecule has 0 atom stereocenters. The molecule has 0 radical (unpaired) electrons. The van der Waals surface area contributed by atoms with Gasteiger partial charge in [-0.05, 0) is 49.9 Å². The van der Waals surface area contributed by atoms with E-state index in [0.29, 0.717) is 0 Å². The van der Waals surface area contributed by atoms with Crippen LogP contribution in [0.1, 0.15) is 36.1 Å². The summed E-state index contributed by atoms with van der Waals surface area (Å²) in [6.07, 6.45) is 2.78. The summed E-state index contributed by atoms with van der Waals surface area (Å²) < 4.78 is 0. The molecule has 1 aromatic carbocycles. The predicted molar refractivity (Wildman–Crippen MR) is 85.3 cm³/mol. The number of aryl methyl sites for hydroxylation is 1. The summed E-state index contributed by atoms with van der Waals surface area (Å²) in [7, 11) is 0. The van der Waals surface area contributed by atoms with Crippen LogP contribution in [0, 0.1) is 6.92 Å². The lowest BCUT2D eigenvalue weighted by atomic mass is 9.84. The molecule has 2 heterocycles. The molecule has 1 aromatic heterocycles. The molecular formula is C18H22N2O. The number of H-pyrrole nitrogens is 1. The quantitative estimate of drug-likeness (QED) is 0.919. The van der Waals surface area contributed by atoms with Gasteiger partial charge in [0, 0.05) is 30.9 Å². The first-order chi connectivity index (χ1) is 9.94. The van der Waals surface area contributed by atoms with Gasteiger partial charge in [-0.15, -0.1) is 0 Å². The maximum absolute atomic E-state index is 11.5. The van der Waals surface area contributed by atoms with E-state index in [1.807, 2.05) is 6.07 Å². The molecule has 0 bridgehead atoms. The number of aromatic nitrogens is 1. The Morgan fingerprint density at radius 2 is 2.00 bits per heavy atom. The van der Waals surface area contributed by atoms with Crippen LogP contribution in [0.4, 0.5) is 0 Å². The topological polar surface area (TPSA) is 36.1 Å². The number of hydrogen-bond donors (Lipinski definition) is 1. The van der Waals surface area contributed by atoms with Crippen LogP contribution in [0.3, 0.4) is 0 Å². The van der Waals surface area contributed by atoms with Crippen LogP contribution < -0.4 is 5.56 Å².